The molecule has 0 aliphatic carbocycles. The van der Waals surface area contributed by atoms with Crippen LogP contribution in [0.2, 0.25) is 0 Å². The maximum Gasteiger partial charge on any atom is 0.176 e. The lowest BCUT2D eigenvalue weighted by Crippen LogP contribution is -2.24. The summed E-state index contributed by atoms with van der Waals surface area (Å²) < 4.78 is 0. The Morgan fingerprint density at radius 1 is 1.44 bits per heavy atom. The summed E-state index contributed by atoms with van der Waals surface area (Å²) in [6.45, 7) is 5.60. The molecule has 3 N–H and O–H groups in total. The van der Waals surface area contributed by atoms with Crippen molar-refractivity contribution in [2.45, 2.75) is 20.3 Å². The van der Waals surface area contributed by atoms with Crippen molar-refractivity contribution in [2.24, 2.45) is 5.92 Å². The highest BCUT2D eigenvalue weighted by molar-refractivity contribution is 5.98. The first-order valence-corrected chi connectivity index (χ1v) is 5.69. The molecule has 1 rings (SSSR count). The first-order valence-electron chi connectivity index (χ1n) is 5.69. The second kappa shape index (κ2) is 6.28. The van der Waals surface area contributed by atoms with Gasteiger partial charge in [0.25, 0.3) is 0 Å². The lowest BCUT2D eigenvalue weighted by Gasteiger charge is -2.06. The Bertz CT molecular complexity index is 348. The molecule has 88 valence electrons. The van der Waals surface area contributed by atoms with Gasteiger partial charge in [-0.3, -0.25) is 4.79 Å². The van der Waals surface area contributed by atoms with Crippen molar-refractivity contribution in [2.75, 3.05) is 18.8 Å². The van der Waals surface area contributed by atoms with Crippen molar-refractivity contribution < 1.29 is 4.79 Å². The lowest BCUT2D eigenvalue weighted by molar-refractivity contribution is 0.0991. The number of ketones is 1. The number of rotatable bonds is 6. The number of benzene rings is 1. The molecule has 3 heteroatoms. The molecule has 0 spiro atoms. The molecule has 1 aromatic rings. The number of hydrogen-bond donors (Lipinski definition) is 2. The predicted octanol–water partition coefficient (Wildman–Crippen LogP) is 2.09. The summed E-state index contributed by atoms with van der Waals surface area (Å²) in [5, 5.41) is 3.14. The van der Waals surface area contributed by atoms with Gasteiger partial charge in [0.1, 0.15) is 0 Å². The Kier molecular flexibility index (Phi) is 4.99. The largest absolute Gasteiger partial charge is 0.399 e. The monoisotopic (exact) mass is 220 g/mol. The van der Waals surface area contributed by atoms with E-state index in [0.717, 1.165) is 13.0 Å². The normalized spacial score (nSPS) is 10.7. The van der Waals surface area contributed by atoms with Gasteiger partial charge in [0, 0.05) is 11.3 Å². The maximum absolute atomic E-state index is 11.7. The molecule has 0 unspecified atom stereocenters. The van der Waals surface area contributed by atoms with Crippen LogP contribution in [0.5, 0.6) is 0 Å². The van der Waals surface area contributed by atoms with Crippen LogP contribution < -0.4 is 11.1 Å². The van der Waals surface area contributed by atoms with Crippen LogP contribution in [0, 0.1) is 5.92 Å². The Morgan fingerprint density at radius 2 is 2.19 bits per heavy atom. The minimum atomic E-state index is 0.0936. The molecule has 0 saturated heterocycles. The molecule has 1 aromatic carbocycles. The van der Waals surface area contributed by atoms with Gasteiger partial charge in [0.05, 0.1) is 6.54 Å². The highest BCUT2D eigenvalue weighted by atomic mass is 16.1. The van der Waals surface area contributed by atoms with Crippen molar-refractivity contribution in [3.63, 3.8) is 0 Å². The summed E-state index contributed by atoms with van der Waals surface area (Å²) in [7, 11) is 0. The van der Waals surface area contributed by atoms with E-state index in [0.29, 0.717) is 23.7 Å². The van der Waals surface area contributed by atoms with E-state index in [1.807, 2.05) is 0 Å². The van der Waals surface area contributed by atoms with E-state index in [-0.39, 0.29) is 5.78 Å². The Morgan fingerprint density at radius 3 is 2.81 bits per heavy atom. The molecule has 0 radical (unpaired) electrons. The Labute approximate surface area is 97.0 Å². The third-order valence-corrected chi connectivity index (χ3v) is 2.39. The van der Waals surface area contributed by atoms with Gasteiger partial charge in [-0.2, -0.15) is 0 Å². The van der Waals surface area contributed by atoms with Crippen LogP contribution in [0.15, 0.2) is 24.3 Å². The molecular formula is C13H20N2O. The zero-order valence-electron chi connectivity index (χ0n) is 9.99. The van der Waals surface area contributed by atoms with Crippen molar-refractivity contribution in [1.82, 2.24) is 5.32 Å². The van der Waals surface area contributed by atoms with Crippen LogP contribution in [0.1, 0.15) is 30.6 Å². The van der Waals surface area contributed by atoms with Crippen LogP contribution in [-0.4, -0.2) is 18.9 Å². The number of anilines is 1. The fraction of sp³-hybridized carbons (Fsp3) is 0.462. The van der Waals surface area contributed by atoms with Gasteiger partial charge < -0.3 is 11.1 Å². The molecule has 16 heavy (non-hydrogen) atoms. The third kappa shape index (κ3) is 4.45. The number of carbonyl (C=O) groups excluding carboxylic acids is 1. The summed E-state index contributed by atoms with van der Waals surface area (Å²) in [5.74, 6) is 0.756. The van der Waals surface area contributed by atoms with E-state index >= 15 is 0 Å². The van der Waals surface area contributed by atoms with E-state index in [1.54, 1.807) is 24.3 Å². The highest BCUT2D eigenvalue weighted by Gasteiger charge is 2.05. The first-order chi connectivity index (χ1) is 7.59. The number of nitrogens with one attached hydrogen (secondary N) is 1. The highest BCUT2D eigenvalue weighted by Crippen LogP contribution is 2.06. The van der Waals surface area contributed by atoms with Gasteiger partial charge >= 0.3 is 0 Å². The SMILES string of the molecule is CC(C)CCNCC(=O)c1cccc(N)c1. The molecule has 0 bridgehead atoms. The minimum absolute atomic E-state index is 0.0936. The van der Waals surface area contributed by atoms with Gasteiger partial charge in [-0.05, 0) is 31.0 Å². The smallest absolute Gasteiger partial charge is 0.176 e. The van der Waals surface area contributed by atoms with Crippen molar-refractivity contribution in [3.8, 4) is 0 Å². The van der Waals surface area contributed by atoms with Crippen molar-refractivity contribution in [3.05, 3.63) is 29.8 Å². The molecule has 0 fully saturated rings. The zero-order valence-corrected chi connectivity index (χ0v) is 9.99. The second-order valence-electron chi connectivity index (χ2n) is 4.41. The molecule has 0 aliphatic heterocycles. The van der Waals surface area contributed by atoms with Crippen LogP contribution in [0.25, 0.3) is 0 Å². The molecule has 0 amide bonds. The lowest BCUT2D eigenvalue weighted by atomic mass is 10.1. The zero-order chi connectivity index (χ0) is 12.0. The molecule has 0 aliphatic rings. The van der Waals surface area contributed by atoms with Crippen LogP contribution in [-0.2, 0) is 0 Å². The van der Waals surface area contributed by atoms with E-state index in [1.165, 1.54) is 0 Å². The van der Waals surface area contributed by atoms with Crippen LogP contribution >= 0.6 is 0 Å². The molecular weight excluding hydrogens is 200 g/mol. The standard InChI is InChI=1S/C13H20N2O/c1-10(2)6-7-15-9-13(16)11-4-3-5-12(14)8-11/h3-5,8,10,15H,6-7,9,14H2,1-2H3. The van der Waals surface area contributed by atoms with E-state index in [2.05, 4.69) is 19.2 Å². The van der Waals surface area contributed by atoms with Gasteiger partial charge in [0.15, 0.2) is 5.78 Å². The number of nitrogen functional groups attached to an aromatic ring is 1. The molecule has 0 aromatic heterocycles. The topological polar surface area (TPSA) is 55.1 Å². The summed E-state index contributed by atoms with van der Waals surface area (Å²) in [6, 6.07) is 7.09. The number of carbonyl (C=O) groups is 1. The first kappa shape index (κ1) is 12.7. The summed E-state index contributed by atoms with van der Waals surface area (Å²) in [4.78, 5) is 11.7. The Hall–Kier alpha value is -1.35. The van der Waals surface area contributed by atoms with Gasteiger partial charge in [-0.1, -0.05) is 26.0 Å². The number of hydrogen-bond acceptors (Lipinski definition) is 3. The van der Waals surface area contributed by atoms with Gasteiger partial charge in [-0.15, -0.1) is 0 Å². The van der Waals surface area contributed by atoms with E-state index in [9.17, 15) is 4.79 Å². The minimum Gasteiger partial charge on any atom is -0.399 e. The van der Waals surface area contributed by atoms with Gasteiger partial charge in [0.2, 0.25) is 0 Å². The van der Waals surface area contributed by atoms with Gasteiger partial charge in [-0.25, -0.2) is 0 Å². The predicted molar refractivity (Wildman–Crippen MR) is 67.5 cm³/mol. The number of Topliss-reactive ketones (excluding diaryl/α,β-unsaturated/α-hetero) is 1. The van der Waals surface area contributed by atoms with Crippen molar-refractivity contribution in [1.29, 1.82) is 0 Å². The molecule has 3 nitrogen and oxygen atoms in total. The third-order valence-electron chi connectivity index (χ3n) is 2.39. The Balaban J connectivity index is 2.35. The molecule has 0 saturated carbocycles. The molecule has 0 atom stereocenters. The summed E-state index contributed by atoms with van der Waals surface area (Å²) in [5.41, 5.74) is 6.93. The summed E-state index contributed by atoms with van der Waals surface area (Å²) >= 11 is 0. The van der Waals surface area contributed by atoms with Crippen LogP contribution in [0.4, 0.5) is 5.69 Å². The fourth-order valence-electron chi connectivity index (χ4n) is 1.41. The quantitative estimate of drug-likeness (QED) is 0.438. The fourth-order valence-corrected chi connectivity index (χ4v) is 1.41. The second-order valence-corrected chi connectivity index (χ2v) is 4.41. The van der Waals surface area contributed by atoms with E-state index in [4.69, 9.17) is 5.73 Å². The van der Waals surface area contributed by atoms with E-state index < -0.39 is 0 Å². The van der Waals surface area contributed by atoms with Crippen molar-refractivity contribution >= 4 is 11.5 Å². The molecule has 0 heterocycles. The number of nitrogens with two attached hydrogens (primary N) is 1. The summed E-state index contributed by atoms with van der Waals surface area (Å²) in [6.07, 6.45) is 1.09. The average molecular weight is 220 g/mol. The average Bonchev–Trinajstić information content (AvgIpc) is 2.24. The van der Waals surface area contributed by atoms with Crippen LogP contribution in [0.3, 0.4) is 0 Å². The maximum atomic E-state index is 11.7.